The Bertz CT molecular complexity index is 508. The lowest BCUT2D eigenvalue weighted by Crippen LogP contribution is -2.17. The van der Waals surface area contributed by atoms with Crippen molar-refractivity contribution in [3.05, 3.63) is 28.2 Å². The lowest BCUT2D eigenvalue weighted by Gasteiger charge is -2.10. The molecule has 1 aromatic carbocycles. The fourth-order valence-corrected chi connectivity index (χ4v) is 1.33. The molecule has 0 radical (unpaired) electrons. The molecule has 0 heterocycles. The van der Waals surface area contributed by atoms with Crippen molar-refractivity contribution in [2.24, 2.45) is 0 Å². The average Bonchev–Trinajstić information content (AvgIpc) is 2.19. The van der Waals surface area contributed by atoms with E-state index in [4.69, 9.17) is 5.26 Å². The molecule has 2 nitrogen and oxygen atoms in total. The fraction of sp³-hybridized carbons (Fsp3) is 0.182. The Balaban J connectivity index is 3.06. The Morgan fingerprint density at radius 3 is 2.65 bits per heavy atom. The molecule has 88 valence electrons. The quantitative estimate of drug-likeness (QED) is 0.743. The van der Waals surface area contributed by atoms with Crippen molar-refractivity contribution < 1.29 is 17.9 Å². The Morgan fingerprint density at radius 2 is 2.06 bits per heavy atom. The van der Waals surface area contributed by atoms with E-state index < -0.39 is 12.1 Å². The van der Waals surface area contributed by atoms with Crippen molar-refractivity contribution in [3.63, 3.8) is 0 Å². The summed E-state index contributed by atoms with van der Waals surface area (Å²) in [6, 6.07) is 5.87. The molecule has 0 atom stereocenters. The summed E-state index contributed by atoms with van der Waals surface area (Å²) in [5.41, 5.74) is 0.0841. The first-order chi connectivity index (χ1) is 7.92. The first-order valence-electron chi connectivity index (χ1n) is 4.33. The van der Waals surface area contributed by atoms with Crippen molar-refractivity contribution >= 4 is 15.9 Å². The van der Waals surface area contributed by atoms with Gasteiger partial charge < -0.3 is 4.74 Å². The highest BCUT2D eigenvalue weighted by molar-refractivity contribution is 9.10. The number of nitriles is 1. The van der Waals surface area contributed by atoms with Crippen LogP contribution in [0, 0.1) is 23.2 Å². The fourth-order valence-electron chi connectivity index (χ4n) is 0.988. The lowest BCUT2D eigenvalue weighted by atomic mass is 10.2. The van der Waals surface area contributed by atoms with E-state index in [1.807, 2.05) is 0 Å². The van der Waals surface area contributed by atoms with Gasteiger partial charge in [0, 0.05) is 4.47 Å². The minimum absolute atomic E-state index is 0.0540. The number of rotatable bonds is 1. The standard InChI is InChI=1S/C11H5BrF3NO/c12-9-5-4-8(3-1-2-6-16)10(7-9)17-11(13,14)15/h4-5,7H,2H2. The molecule has 6 heteroatoms. The van der Waals surface area contributed by atoms with Gasteiger partial charge in [0.15, 0.2) is 0 Å². The largest absolute Gasteiger partial charge is 0.573 e. The van der Waals surface area contributed by atoms with E-state index in [-0.39, 0.29) is 12.0 Å². The van der Waals surface area contributed by atoms with Gasteiger partial charge in [-0.05, 0) is 18.2 Å². The molecule has 1 rings (SSSR count). The minimum atomic E-state index is -4.77. The molecule has 0 amide bonds. The zero-order valence-corrected chi connectivity index (χ0v) is 9.89. The van der Waals surface area contributed by atoms with Crippen molar-refractivity contribution in [1.82, 2.24) is 0 Å². The van der Waals surface area contributed by atoms with Gasteiger partial charge in [-0.2, -0.15) is 5.26 Å². The molecule has 0 aromatic heterocycles. The Hall–Kier alpha value is -1.66. The summed E-state index contributed by atoms with van der Waals surface area (Å²) >= 11 is 3.04. The number of ether oxygens (including phenoxy) is 1. The van der Waals surface area contributed by atoms with Gasteiger partial charge in [-0.25, -0.2) is 0 Å². The van der Waals surface area contributed by atoms with Crippen LogP contribution in [0.4, 0.5) is 13.2 Å². The molecule has 0 fully saturated rings. The van der Waals surface area contributed by atoms with Crippen LogP contribution >= 0.6 is 15.9 Å². The van der Waals surface area contributed by atoms with Crippen molar-refractivity contribution in [3.8, 4) is 23.7 Å². The van der Waals surface area contributed by atoms with Crippen LogP contribution in [0.15, 0.2) is 22.7 Å². The topological polar surface area (TPSA) is 33.0 Å². The van der Waals surface area contributed by atoms with Gasteiger partial charge in [-0.3, -0.25) is 0 Å². The molecular formula is C11H5BrF3NO. The molecule has 0 saturated heterocycles. The van der Waals surface area contributed by atoms with E-state index in [1.165, 1.54) is 12.1 Å². The normalized spacial score (nSPS) is 10.1. The van der Waals surface area contributed by atoms with Crippen LogP contribution in [0.3, 0.4) is 0 Å². The second-order valence-electron chi connectivity index (χ2n) is 2.82. The van der Waals surface area contributed by atoms with E-state index in [0.29, 0.717) is 4.47 Å². The van der Waals surface area contributed by atoms with Gasteiger partial charge in [0.1, 0.15) is 5.75 Å². The second-order valence-corrected chi connectivity index (χ2v) is 3.74. The van der Waals surface area contributed by atoms with Crippen molar-refractivity contribution in [2.75, 3.05) is 0 Å². The van der Waals surface area contributed by atoms with Crippen LogP contribution in [0.2, 0.25) is 0 Å². The summed E-state index contributed by atoms with van der Waals surface area (Å²) in [5, 5.41) is 8.27. The maximum atomic E-state index is 12.1. The highest BCUT2D eigenvalue weighted by Crippen LogP contribution is 2.28. The molecule has 0 saturated carbocycles. The maximum absolute atomic E-state index is 12.1. The van der Waals surface area contributed by atoms with Crippen LogP contribution < -0.4 is 4.74 Å². The zero-order chi connectivity index (χ0) is 12.9. The number of alkyl halides is 3. The summed E-state index contributed by atoms with van der Waals surface area (Å²) in [7, 11) is 0. The number of hydrogen-bond donors (Lipinski definition) is 0. The van der Waals surface area contributed by atoms with Crippen molar-refractivity contribution in [1.29, 1.82) is 5.26 Å². The van der Waals surface area contributed by atoms with Crippen LogP contribution in [0.5, 0.6) is 5.75 Å². The Morgan fingerprint density at radius 1 is 1.35 bits per heavy atom. The molecular weight excluding hydrogens is 299 g/mol. The molecule has 0 aliphatic heterocycles. The van der Waals surface area contributed by atoms with Gasteiger partial charge >= 0.3 is 6.36 Å². The first-order valence-corrected chi connectivity index (χ1v) is 5.13. The maximum Gasteiger partial charge on any atom is 0.573 e. The van der Waals surface area contributed by atoms with E-state index in [1.54, 1.807) is 12.1 Å². The van der Waals surface area contributed by atoms with Gasteiger partial charge in [0.2, 0.25) is 0 Å². The molecule has 0 unspecified atom stereocenters. The van der Waals surface area contributed by atoms with Crippen LogP contribution in [0.25, 0.3) is 0 Å². The highest BCUT2D eigenvalue weighted by Gasteiger charge is 2.32. The molecule has 0 N–H and O–H groups in total. The van der Waals surface area contributed by atoms with Crippen LogP contribution in [0.1, 0.15) is 12.0 Å². The van der Waals surface area contributed by atoms with E-state index in [0.717, 1.165) is 0 Å². The third-order valence-electron chi connectivity index (χ3n) is 1.56. The van der Waals surface area contributed by atoms with Gasteiger partial charge in [-0.15, -0.1) is 13.2 Å². The van der Waals surface area contributed by atoms with E-state index >= 15 is 0 Å². The summed E-state index contributed by atoms with van der Waals surface area (Å²) in [6.45, 7) is 0. The third-order valence-corrected chi connectivity index (χ3v) is 2.05. The number of benzene rings is 1. The van der Waals surface area contributed by atoms with Gasteiger partial charge in [-0.1, -0.05) is 27.8 Å². The zero-order valence-electron chi connectivity index (χ0n) is 8.31. The predicted molar refractivity (Wildman–Crippen MR) is 57.9 cm³/mol. The summed E-state index contributed by atoms with van der Waals surface area (Å²) in [4.78, 5) is 0. The molecule has 0 aliphatic carbocycles. The van der Waals surface area contributed by atoms with E-state index in [2.05, 4.69) is 32.5 Å². The second kappa shape index (κ2) is 5.60. The average molecular weight is 304 g/mol. The molecule has 0 aliphatic rings. The molecule has 0 spiro atoms. The molecule has 17 heavy (non-hydrogen) atoms. The number of halogens is 4. The first kappa shape index (κ1) is 13.4. The smallest absolute Gasteiger partial charge is 0.404 e. The Labute approximate surface area is 104 Å². The van der Waals surface area contributed by atoms with Crippen LogP contribution in [-0.2, 0) is 0 Å². The summed E-state index contributed by atoms with van der Waals surface area (Å²) < 4.78 is 40.6. The molecule has 1 aromatic rings. The number of nitrogens with zero attached hydrogens (tertiary/aromatic N) is 1. The SMILES string of the molecule is N#CCC#Cc1ccc(Br)cc1OC(F)(F)F. The minimum Gasteiger partial charge on any atom is -0.404 e. The highest BCUT2D eigenvalue weighted by atomic mass is 79.9. The molecule has 0 bridgehead atoms. The number of hydrogen-bond acceptors (Lipinski definition) is 2. The predicted octanol–water partition coefficient (Wildman–Crippen LogP) is 3.61. The van der Waals surface area contributed by atoms with Crippen molar-refractivity contribution in [2.45, 2.75) is 12.8 Å². The van der Waals surface area contributed by atoms with Gasteiger partial charge in [0.25, 0.3) is 0 Å². The van der Waals surface area contributed by atoms with Gasteiger partial charge in [0.05, 0.1) is 18.1 Å². The van der Waals surface area contributed by atoms with Crippen LogP contribution in [-0.4, -0.2) is 6.36 Å². The monoisotopic (exact) mass is 303 g/mol. The summed E-state index contributed by atoms with van der Waals surface area (Å²) in [6.07, 6.45) is -4.83. The third kappa shape index (κ3) is 4.80. The summed E-state index contributed by atoms with van der Waals surface area (Å²) in [5.74, 6) is 4.48. The van der Waals surface area contributed by atoms with E-state index in [9.17, 15) is 13.2 Å². The lowest BCUT2D eigenvalue weighted by molar-refractivity contribution is -0.274. The Kier molecular flexibility index (Phi) is 4.42.